The molecule has 9 heteroatoms. The molecule has 5 atom stereocenters. The first-order valence-corrected chi connectivity index (χ1v) is 8.64. The summed E-state index contributed by atoms with van der Waals surface area (Å²) in [6.07, 6.45) is 1.96. The van der Waals surface area contributed by atoms with E-state index in [-0.39, 0.29) is 18.3 Å². The molecule has 2 heterocycles. The molecule has 0 bridgehead atoms. The van der Waals surface area contributed by atoms with Crippen molar-refractivity contribution in [3.63, 3.8) is 0 Å². The van der Waals surface area contributed by atoms with Gasteiger partial charge < -0.3 is 26.4 Å². The van der Waals surface area contributed by atoms with Crippen LogP contribution in [0.15, 0.2) is 10.1 Å². The largest absolute Gasteiger partial charge is 0.396 e. The Morgan fingerprint density at radius 3 is 2.83 bits per heavy atom. The maximum absolute atomic E-state index is 10.5. The summed E-state index contributed by atoms with van der Waals surface area (Å²) in [5.74, 6) is 0.0602. The first kappa shape index (κ1) is 16.4. The minimum atomic E-state index is -1.04. The molecule has 8 nitrogen and oxygen atoms in total. The van der Waals surface area contributed by atoms with Crippen molar-refractivity contribution in [2.24, 2.45) is 16.8 Å². The van der Waals surface area contributed by atoms with Crippen molar-refractivity contribution in [3.05, 3.63) is 0 Å². The van der Waals surface area contributed by atoms with E-state index in [9.17, 15) is 15.3 Å². The number of aliphatic hydroxyl groups excluding tert-OH is 3. The average Bonchev–Trinajstić information content (AvgIpc) is 2.68. The van der Waals surface area contributed by atoms with Gasteiger partial charge in [0.2, 0.25) is 0 Å². The third-order valence-electron chi connectivity index (χ3n) is 4.91. The van der Waals surface area contributed by atoms with Gasteiger partial charge in [0.25, 0.3) is 0 Å². The fourth-order valence-electron chi connectivity index (χ4n) is 3.58. The lowest BCUT2D eigenvalue weighted by atomic mass is 9.81. The van der Waals surface area contributed by atoms with Gasteiger partial charge in [0.05, 0.1) is 11.6 Å². The number of anilines is 2. The van der Waals surface area contributed by atoms with E-state index in [4.69, 9.17) is 5.73 Å². The molecular weight excluding hydrogens is 318 g/mol. The van der Waals surface area contributed by atoms with E-state index in [1.54, 1.807) is 6.21 Å². The molecule has 1 aliphatic carbocycles. The van der Waals surface area contributed by atoms with Crippen LogP contribution in [0.2, 0.25) is 0 Å². The number of nitrogen functional groups attached to an aromatic ring is 1. The zero-order chi connectivity index (χ0) is 16.8. The zero-order valence-electron chi connectivity index (χ0n) is 13.0. The van der Waals surface area contributed by atoms with Gasteiger partial charge in [-0.3, -0.25) is 4.99 Å². The zero-order valence-corrected chi connectivity index (χ0v) is 13.8. The van der Waals surface area contributed by atoms with Gasteiger partial charge in [0.15, 0.2) is 16.8 Å². The van der Waals surface area contributed by atoms with Crippen molar-refractivity contribution in [1.29, 1.82) is 0 Å². The first-order chi connectivity index (χ1) is 10.9. The monoisotopic (exact) mass is 339 g/mol. The number of nitrogens with one attached hydrogen (secondary N) is 1. The molecule has 1 aromatic rings. The van der Waals surface area contributed by atoms with Crippen molar-refractivity contribution < 1.29 is 15.3 Å². The summed E-state index contributed by atoms with van der Waals surface area (Å²) in [6.45, 7) is 1.62. The second-order valence-electron chi connectivity index (χ2n) is 6.14. The highest BCUT2D eigenvalue weighted by atomic mass is 32.2. The van der Waals surface area contributed by atoms with E-state index in [1.807, 2.05) is 13.2 Å². The average molecular weight is 339 g/mol. The SMILES string of the molecule is CSc1nc(N)c2c(n1)N[C@@]1(C)[C@H](O)[C@H](O)[C@@H](CO)[C@@H]1C/C=N\2. The molecule has 0 unspecified atom stereocenters. The predicted molar refractivity (Wildman–Crippen MR) is 89.1 cm³/mol. The van der Waals surface area contributed by atoms with Gasteiger partial charge in [0.1, 0.15) is 11.8 Å². The fraction of sp³-hybridized carbons (Fsp3) is 0.643. The van der Waals surface area contributed by atoms with Crippen LogP contribution in [0.4, 0.5) is 17.3 Å². The van der Waals surface area contributed by atoms with Crippen LogP contribution in [-0.2, 0) is 0 Å². The highest BCUT2D eigenvalue weighted by molar-refractivity contribution is 7.98. The quantitative estimate of drug-likeness (QED) is 0.375. The van der Waals surface area contributed by atoms with E-state index in [2.05, 4.69) is 20.3 Å². The molecule has 23 heavy (non-hydrogen) atoms. The highest BCUT2D eigenvalue weighted by Crippen LogP contribution is 2.46. The maximum Gasteiger partial charge on any atom is 0.191 e. The van der Waals surface area contributed by atoms with Gasteiger partial charge in [-0.2, -0.15) is 0 Å². The van der Waals surface area contributed by atoms with E-state index in [0.717, 1.165) is 0 Å². The minimum Gasteiger partial charge on any atom is -0.396 e. The second kappa shape index (κ2) is 5.90. The van der Waals surface area contributed by atoms with Crippen molar-refractivity contribution >= 4 is 35.3 Å². The van der Waals surface area contributed by atoms with E-state index < -0.39 is 23.7 Å². The minimum absolute atomic E-state index is 0.191. The molecule has 6 N–H and O–H groups in total. The number of thioether (sulfide) groups is 1. The number of rotatable bonds is 2. The van der Waals surface area contributed by atoms with Crippen molar-refractivity contribution in [2.75, 3.05) is 23.9 Å². The molecule has 0 amide bonds. The molecule has 126 valence electrons. The first-order valence-electron chi connectivity index (χ1n) is 7.41. The third-order valence-corrected chi connectivity index (χ3v) is 5.46. The molecule has 2 aliphatic rings. The second-order valence-corrected chi connectivity index (χ2v) is 6.91. The number of nitrogens with zero attached hydrogens (tertiary/aromatic N) is 3. The number of nitrogens with two attached hydrogens (primary N) is 1. The van der Waals surface area contributed by atoms with Gasteiger partial charge in [-0.15, -0.1) is 0 Å². The molecule has 1 fully saturated rings. The number of hydrogen-bond acceptors (Lipinski definition) is 9. The van der Waals surface area contributed by atoms with Crippen LogP contribution in [0.1, 0.15) is 13.3 Å². The summed E-state index contributed by atoms with van der Waals surface area (Å²) in [4.78, 5) is 12.9. The van der Waals surface area contributed by atoms with E-state index in [0.29, 0.717) is 23.1 Å². The Bertz CT molecular complexity index is 643. The van der Waals surface area contributed by atoms with Crippen LogP contribution < -0.4 is 11.1 Å². The van der Waals surface area contributed by atoms with Crippen molar-refractivity contribution in [1.82, 2.24) is 9.97 Å². The molecule has 0 spiro atoms. The predicted octanol–water partition coefficient (Wildman–Crippen LogP) is 0.0174. The number of aromatic nitrogens is 2. The Morgan fingerprint density at radius 1 is 1.43 bits per heavy atom. The summed E-state index contributed by atoms with van der Waals surface area (Å²) in [5, 5.41) is 34.1. The molecule has 1 saturated carbocycles. The lowest BCUT2D eigenvalue weighted by Gasteiger charge is -2.37. The summed E-state index contributed by atoms with van der Waals surface area (Å²) in [5.41, 5.74) is 5.53. The van der Waals surface area contributed by atoms with Gasteiger partial charge in [0, 0.05) is 18.7 Å². The van der Waals surface area contributed by atoms with Crippen LogP contribution in [0, 0.1) is 11.8 Å². The topological polar surface area (TPSA) is 137 Å². The Kier molecular flexibility index (Phi) is 4.21. The van der Waals surface area contributed by atoms with Gasteiger partial charge >= 0.3 is 0 Å². The molecule has 3 rings (SSSR count). The summed E-state index contributed by atoms with van der Waals surface area (Å²) in [7, 11) is 0. The van der Waals surface area contributed by atoms with E-state index >= 15 is 0 Å². The third kappa shape index (κ3) is 2.47. The van der Waals surface area contributed by atoms with Crippen LogP contribution in [-0.4, -0.2) is 62.1 Å². The number of aliphatic imine (C=N–C) groups is 1. The molecule has 0 aromatic carbocycles. The van der Waals surface area contributed by atoms with Crippen molar-refractivity contribution in [2.45, 2.75) is 36.2 Å². The Labute approximate surface area is 138 Å². The Morgan fingerprint density at radius 2 is 2.17 bits per heavy atom. The lowest BCUT2D eigenvalue weighted by molar-refractivity contribution is -0.00642. The number of aliphatic hydroxyl groups is 3. The maximum atomic E-state index is 10.5. The molecule has 0 saturated heterocycles. The van der Waals surface area contributed by atoms with Gasteiger partial charge in [-0.25, -0.2) is 9.97 Å². The highest BCUT2D eigenvalue weighted by Gasteiger charge is 2.57. The van der Waals surface area contributed by atoms with E-state index in [1.165, 1.54) is 11.8 Å². The normalized spacial score (nSPS) is 37.3. The summed E-state index contributed by atoms with van der Waals surface area (Å²) >= 11 is 1.35. The van der Waals surface area contributed by atoms with Crippen LogP contribution in [0.5, 0.6) is 0 Å². The fourth-order valence-corrected chi connectivity index (χ4v) is 3.95. The van der Waals surface area contributed by atoms with Crippen LogP contribution >= 0.6 is 11.8 Å². The lowest BCUT2D eigenvalue weighted by Crippen LogP contribution is -2.50. The standard InChI is InChI=1S/C14H21N5O3S/c1-14-7(6(5-20)9(21)10(14)22)3-4-16-8-11(15)17-13(23-2)18-12(8)19-14/h4,6-7,9-10,20-22H,3,5H2,1-2H3,(H3,15,17,18,19)/b16-4-/t6-,7-,9+,10+,14+/m0/s1. The number of fused-ring (bicyclic) bond motifs is 2. The smallest absolute Gasteiger partial charge is 0.191 e. The molecule has 1 aromatic heterocycles. The molecule has 1 aliphatic heterocycles. The summed E-state index contributed by atoms with van der Waals surface area (Å²) < 4.78 is 0. The van der Waals surface area contributed by atoms with Crippen LogP contribution in [0.3, 0.4) is 0 Å². The molecule has 0 radical (unpaired) electrons. The Hall–Kier alpha value is -1.42. The van der Waals surface area contributed by atoms with Gasteiger partial charge in [-0.1, -0.05) is 11.8 Å². The molecular formula is C14H21N5O3S. The number of hydrogen-bond donors (Lipinski definition) is 5. The van der Waals surface area contributed by atoms with Crippen molar-refractivity contribution in [3.8, 4) is 0 Å². The summed E-state index contributed by atoms with van der Waals surface area (Å²) in [6, 6.07) is 0. The Balaban J connectivity index is 2.10. The van der Waals surface area contributed by atoms with Gasteiger partial charge in [-0.05, 0) is 25.5 Å². The van der Waals surface area contributed by atoms with Crippen LogP contribution in [0.25, 0.3) is 0 Å².